The maximum atomic E-state index is 12.4. The van der Waals surface area contributed by atoms with Gasteiger partial charge in [0.1, 0.15) is 0 Å². The molecular weight excluding hydrogens is 255 g/mol. The summed E-state index contributed by atoms with van der Waals surface area (Å²) < 4.78 is 42.8. The van der Waals surface area contributed by atoms with Gasteiger partial charge < -0.3 is 10.1 Å². The van der Waals surface area contributed by atoms with Gasteiger partial charge in [-0.2, -0.15) is 13.2 Å². The van der Waals surface area contributed by atoms with E-state index in [-0.39, 0.29) is 6.10 Å². The van der Waals surface area contributed by atoms with Gasteiger partial charge in [-0.3, -0.25) is 0 Å². The van der Waals surface area contributed by atoms with Gasteiger partial charge in [-0.05, 0) is 37.1 Å². The van der Waals surface area contributed by atoms with Crippen LogP contribution in [0.2, 0.25) is 0 Å². The first-order valence-corrected chi connectivity index (χ1v) is 6.53. The zero-order valence-electron chi connectivity index (χ0n) is 10.8. The molecule has 1 fully saturated rings. The Kier molecular flexibility index (Phi) is 4.34. The Morgan fingerprint density at radius 1 is 1.26 bits per heavy atom. The van der Waals surface area contributed by atoms with Crippen LogP contribution in [0.15, 0.2) is 24.3 Å². The van der Waals surface area contributed by atoms with Crippen LogP contribution in [0, 0.1) is 5.92 Å². The second-order valence-corrected chi connectivity index (χ2v) is 4.82. The fraction of sp³-hybridized carbons (Fsp3) is 0.571. The maximum Gasteiger partial charge on any atom is 0.416 e. The Morgan fingerprint density at radius 3 is 2.53 bits per heavy atom. The van der Waals surface area contributed by atoms with E-state index in [1.165, 1.54) is 12.1 Å². The molecule has 1 saturated heterocycles. The van der Waals surface area contributed by atoms with Crippen molar-refractivity contribution in [1.82, 2.24) is 0 Å². The molecule has 2 atom stereocenters. The highest BCUT2D eigenvalue weighted by Gasteiger charge is 2.30. The monoisotopic (exact) mass is 273 g/mol. The van der Waals surface area contributed by atoms with Crippen LogP contribution >= 0.6 is 0 Å². The number of halogens is 3. The van der Waals surface area contributed by atoms with E-state index in [4.69, 9.17) is 4.74 Å². The maximum absolute atomic E-state index is 12.4. The van der Waals surface area contributed by atoms with Crippen molar-refractivity contribution in [3.63, 3.8) is 0 Å². The van der Waals surface area contributed by atoms with Crippen molar-refractivity contribution in [2.45, 2.75) is 32.0 Å². The smallest absolute Gasteiger partial charge is 0.385 e. The van der Waals surface area contributed by atoms with Gasteiger partial charge in [0.15, 0.2) is 0 Å². The number of rotatable bonds is 4. The second-order valence-electron chi connectivity index (χ2n) is 4.82. The Hall–Kier alpha value is -1.23. The first-order chi connectivity index (χ1) is 9.00. The third-order valence-electron chi connectivity index (χ3n) is 3.53. The average molecular weight is 273 g/mol. The van der Waals surface area contributed by atoms with Crippen LogP contribution < -0.4 is 5.32 Å². The molecule has 106 valence electrons. The minimum absolute atomic E-state index is 0.266. The third-order valence-corrected chi connectivity index (χ3v) is 3.53. The lowest BCUT2D eigenvalue weighted by Gasteiger charge is -2.18. The summed E-state index contributed by atoms with van der Waals surface area (Å²) in [4.78, 5) is 0. The molecule has 1 aliphatic heterocycles. The topological polar surface area (TPSA) is 21.3 Å². The van der Waals surface area contributed by atoms with Crippen LogP contribution in [0.5, 0.6) is 0 Å². The van der Waals surface area contributed by atoms with Gasteiger partial charge in [0.2, 0.25) is 0 Å². The average Bonchev–Trinajstić information content (AvgIpc) is 2.83. The first kappa shape index (κ1) is 14.2. The summed E-state index contributed by atoms with van der Waals surface area (Å²) in [5.74, 6) is 0.437. The van der Waals surface area contributed by atoms with E-state index in [0.717, 1.165) is 43.8 Å². The number of benzene rings is 1. The van der Waals surface area contributed by atoms with Crippen LogP contribution in [-0.2, 0) is 10.9 Å². The van der Waals surface area contributed by atoms with Crippen molar-refractivity contribution in [3.05, 3.63) is 29.8 Å². The SMILES string of the molecule is CCC1OCCC1CNc1ccc(C(F)(F)F)cc1. The molecule has 5 heteroatoms. The minimum atomic E-state index is -4.27. The summed E-state index contributed by atoms with van der Waals surface area (Å²) >= 11 is 0. The molecule has 0 aliphatic carbocycles. The summed E-state index contributed by atoms with van der Waals surface area (Å²) in [5.41, 5.74) is 0.100. The van der Waals surface area contributed by atoms with Crippen LogP contribution in [-0.4, -0.2) is 19.3 Å². The van der Waals surface area contributed by atoms with E-state index >= 15 is 0 Å². The Bertz CT molecular complexity index is 402. The molecule has 0 bridgehead atoms. The summed E-state index contributed by atoms with van der Waals surface area (Å²) in [6, 6.07) is 5.15. The van der Waals surface area contributed by atoms with Gasteiger partial charge in [0.25, 0.3) is 0 Å². The molecule has 1 N–H and O–H groups in total. The van der Waals surface area contributed by atoms with Crippen molar-refractivity contribution in [1.29, 1.82) is 0 Å². The molecule has 2 nitrogen and oxygen atoms in total. The van der Waals surface area contributed by atoms with Gasteiger partial charge in [-0.15, -0.1) is 0 Å². The predicted octanol–water partition coefficient (Wildman–Crippen LogP) is 3.93. The summed E-state index contributed by atoms with van der Waals surface area (Å²) in [5, 5.41) is 3.18. The number of ether oxygens (including phenoxy) is 1. The summed E-state index contributed by atoms with van der Waals surface area (Å²) in [6.45, 7) is 3.60. The highest BCUT2D eigenvalue weighted by atomic mass is 19.4. The number of hydrogen-bond donors (Lipinski definition) is 1. The van der Waals surface area contributed by atoms with Crippen molar-refractivity contribution in [3.8, 4) is 0 Å². The van der Waals surface area contributed by atoms with E-state index in [1.54, 1.807) is 0 Å². The van der Waals surface area contributed by atoms with Gasteiger partial charge in [0.05, 0.1) is 11.7 Å². The fourth-order valence-electron chi connectivity index (χ4n) is 2.40. The third kappa shape index (κ3) is 3.62. The van der Waals surface area contributed by atoms with Gasteiger partial charge in [-0.25, -0.2) is 0 Å². The molecule has 2 unspecified atom stereocenters. The molecule has 0 amide bonds. The van der Waals surface area contributed by atoms with Crippen molar-refractivity contribution in [2.24, 2.45) is 5.92 Å². The number of anilines is 1. The number of hydrogen-bond acceptors (Lipinski definition) is 2. The molecule has 1 aromatic rings. The van der Waals surface area contributed by atoms with Gasteiger partial charge in [0, 0.05) is 24.8 Å². The lowest BCUT2D eigenvalue weighted by Crippen LogP contribution is -2.22. The molecule has 19 heavy (non-hydrogen) atoms. The molecular formula is C14H18F3NO. The minimum Gasteiger partial charge on any atom is -0.385 e. The van der Waals surface area contributed by atoms with E-state index in [1.807, 2.05) is 0 Å². The fourth-order valence-corrected chi connectivity index (χ4v) is 2.40. The Labute approximate surface area is 111 Å². The van der Waals surface area contributed by atoms with Crippen LogP contribution in [0.1, 0.15) is 25.3 Å². The molecule has 2 rings (SSSR count). The molecule has 1 aliphatic rings. The van der Waals surface area contributed by atoms with Crippen molar-refractivity contribution in [2.75, 3.05) is 18.5 Å². The van der Waals surface area contributed by atoms with Crippen LogP contribution in [0.25, 0.3) is 0 Å². The van der Waals surface area contributed by atoms with Gasteiger partial charge in [-0.1, -0.05) is 6.92 Å². The first-order valence-electron chi connectivity index (χ1n) is 6.53. The largest absolute Gasteiger partial charge is 0.416 e. The summed E-state index contributed by atoms with van der Waals surface area (Å²) in [6.07, 6.45) is -2.03. The van der Waals surface area contributed by atoms with Crippen LogP contribution in [0.3, 0.4) is 0 Å². The Morgan fingerprint density at radius 2 is 1.95 bits per heavy atom. The lowest BCUT2D eigenvalue weighted by atomic mass is 9.99. The van der Waals surface area contributed by atoms with E-state index < -0.39 is 11.7 Å². The zero-order valence-corrected chi connectivity index (χ0v) is 10.8. The van der Waals surface area contributed by atoms with Crippen LogP contribution in [0.4, 0.5) is 18.9 Å². The van der Waals surface area contributed by atoms with E-state index in [2.05, 4.69) is 12.2 Å². The number of nitrogens with one attached hydrogen (secondary N) is 1. The number of alkyl halides is 3. The summed E-state index contributed by atoms with van der Waals surface area (Å²) in [7, 11) is 0. The van der Waals surface area contributed by atoms with Gasteiger partial charge >= 0.3 is 6.18 Å². The van der Waals surface area contributed by atoms with Crippen molar-refractivity contribution >= 4 is 5.69 Å². The van der Waals surface area contributed by atoms with Crippen molar-refractivity contribution < 1.29 is 17.9 Å². The Balaban J connectivity index is 1.90. The molecule has 1 heterocycles. The quantitative estimate of drug-likeness (QED) is 0.897. The highest BCUT2D eigenvalue weighted by Crippen LogP contribution is 2.30. The van der Waals surface area contributed by atoms with E-state index in [0.29, 0.717) is 5.92 Å². The molecule has 0 aromatic heterocycles. The molecule has 0 saturated carbocycles. The normalized spacial score (nSPS) is 23.6. The van der Waals surface area contributed by atoms with E-state index in [9.17, 15) is 13.2 Å². The second kappa shape index (κ2) is 5.82. The molecule has 0 radical (unpaired) electrons. The molecule has 0 spiro atoms. The molecule has 1 aromatic carbocycles. The lowest BCUT2D eigenvalue weighted by molar-refractivity contribution is -0.137. The standard InChI is InChI=1S/C14H18F3NO/c1-2-13-10(7-8-19-13)9-18-12-5-3-11(4-6-12)14(15,16)17/h3-6,10,13,18H,2,7-9H2,1H3. The highest BCUT2D eigenvalue weighted by molar-refractivity contribution is 5.45. The zero-order chi connectivity index (χ0) is 13.9. The predicted molar refractivity (Wildman–Crippen MR) is 68.1 cm³/mol.